The van der Waals surface area contributed by atoms with E-state index in [1.807, 2.05) is 42.5 Å². The summed E-state index contributed by atoms with van der Waals surface area (Å²) in [4.78, 5) is 9.78. The number of β-amino-alcohol motifs (C(OH)–C–C–N with tert-alkyl or cyclic N) is 1. The number of aromatic nitrogens is 1. The van der Waals surface area contributed by atoms with Crippen molar-refractivity contribution in [3.8, 4) is 0 Å². The van der Waals surface area contributed by atoms with E-state index in [1.54, 1.807) is 0 Å². The number of fused-ring (bicyclic) bond motifs is 2. The zero-order chi connectivity index (χ0) is 21.8. The molecule has 8 heteroatoms. The molecule has 3 atom stereocenters. The van der Waals surface area contributed by atoms with E-state index in [1.165, 1.54) is 0 Å². The van der Waals surface area contributed by atoms with E-state index in [9.17, 15) is 9.32 Å². The molecule has 0 spiro atoms. The number of nitrogens with zero attached hydrogens (tertiary/aromatic N) is 3. The van der Waals surface area contributed by atoms with Gasteiger partial charge in [-0.1, -0.05) is 29.8 Å². The first kappa shape index (κ1) is 20.2. The van der Waals surface area contributed by atoms with E-state index in [-0.39, 0.29) is 11.8 Å². The largest absolute Gasteiger partial charge is 0.390 e. The molecular weight excluding hydrogens is 410 g/mol. The Bertz CT molecular complexity index is 1250. The second kappa shape index (κ2) is 7.47. The van der Waals surface area contributed by atoms with Crippen LogP contribution < -0.4 is 15.5 Å². The molecule has 0 saturated carbocycles. The van der Waals surface area contributed by atoms with Gasteiger partial charge in [0.1, 0.15) is 5.82 Å². The molecule has 3 unspecified atom stereocenters. The minimum Gasteiger partial charge on any atom is -0.390 e. The lowest BCUT2D eigenvalue weighted by molar-refractivity contribution is 0.180. The summed E-state index contributed by atoms with van der Waals surface area (Å²) in [6.45, 7) is 4.16. The maximum Gasteiger partial charge on any atom is 0.131 e. The molecule has 0 aliphatic carbocycles. The van der Waals surface area contributed by atoms with Gasteiger partial charge in [-0.25, -0.2) is 14.0 Å². The Kier molecular flexibility index (Phi) is 4.88. The predicted octanol–water partition coefficient (Wildman–Crippen LogP) is 2.48. The molecule has 4 N–H and O–H groups in total. The van der Waals surface area contributed by atoms with Crippen LogP contribution in [0.1, 0.15) is 11.1 Å². The summed E-state index contributed by atoms with van der Waals surface area (Å²) in [6.07, 6.45) is -0.561. The van der Waals surface area contributed by atoms with Gasteiger partial charge in [-0.05, 0) is 30.7 Å². The molecule has 3 aromatic rings. The molecular formula is C23H27N5O2S. The van der Waals surface area contributed by atoms with Crippen molar-refractivity contribution in [1.82, 2.24) is 4.98 Å². The number of hydrogen-bond acceptors (Lipinski definition) is 7. The highest BCUT2D eigenvalue weighted by atomic mass is 32.2. The highest BCUT2D eigenvalue weighted by Crippen LogP contribution is 2.34. The molecule has 0 amide bonds. The Balaban J connectivity index is 1.62. The summed E-state index contributed by atoms with van der Waals surface area (Å²) in [7, 11) is -2.84. The summed E-state index contributed by atoms with van der Waals surface area (Å²) >= 11 is 0. The van der Waals surface area contributed by atoms with Crippen LogP contribution in [0.5, 0.6) is 0 Å². The molecule has 162 valence electrons. The SMILES string of the molecule is Cc1ccc2nc(N3CCS(=N)(=O)c4ccccc4C3)cc(N3CC(N)C(O)C3)c2c1. The molecule has 1 aromatic heterocycles. The lowest BCUT2D eigenvalue weighted by atomic mass is 10.1. The Morgan fingerprint density at radius 3 is 2.74 bits per heavy atom. The summed E-state index contributed by atoms with van der Waals surface area (Å²) in [6, 6.07) is 15.5. The lowest BCUT2D eigenvalue weighted by Crippen LogP contribution is -2.32. The van der Waals surface area contributed by atoms with Crippen LogP contribution in [0.15, 0.2) is 53.4 Å². The number of pyridine rings is 1. The molecule has 1 saturated heterocycles. The zero-order valence-corrected chi connectivity index (χ0v) is 18.3. The van der Waals surface area contributed by atoms with Gasteiger partial charge in [-0.3, -0.25) is 0 Å². The quantitative estimate of drug-likeness (QED) is 0.569. The lowest BCUT2D eigenvalue weighted by Gasteiger charge is -2.26. The average Bonchev–Trinajstić information content (AvgIpc) is 3.01. The third-order valence-corrected chi connectivity index (χ3v) is 8.13. The minimum absolute atomic E-state index is 0.264. The Morgan fingerprint density at radius 2 is 1.97 bits per heavy atom. The van der Waals surface area contributed by atoms with Crippen molar-refractivity contribution >= 4 is 32.1 Å². The highest BCUT2D eigenvalue weighted by Gasteiger charge is 2.30. The van der Waals surface area contributed by atoms with Crippen molar-refractivity contribution in [1.29, 1.82) is 4.78 Å². The van der Waals surface area contributed by atoms with Crippen molar-refractivity contribution in [2.75, 3.05) is 35.2 Å². The van der Waals surface area contributed by atoms with Crippen LogP contribution in [0.3, 0.4) is 0 Å². The fourth-order valence-electron chi connectivity index (χ4n) is 4.53. The number of aliphatic hydroxyl groups excluding tert-OH is 1. The number of benzene rings is 2. The fraction of sp³-hybridized carbons (Fsp3) is 0.348. The summed E-state index contributed by atoms with van der Waals surface area (Å²) in [5.74, 6) is 1.05. The van der Waals surface area contributed by atoms with Crippen molar-refractivity contribution in [2.24, 2.45) is 5.73 Å². The van der Waals surface area contributed by atoms with Crippen LogP contribution in [-0.4, -0.2) is 51.8 Å². The van der Waals surface area contributed by atoms with Crippen LogP contribution in [-0.2, 0) is 16.3 Å². The standard InChI is InChI=1S/C23H27N5O2S/c1-15-6-7-19-17(10-15)20(28-13-18(24)21(29)14-28)11-23(26-19)27-8-9-31(25,30)22-5-3-2-4-16(22)12-27/h2-7,10-11,18,21,25,29H,8-9,12-14,24H2,1H3. The van der Waals surface area contributed by atoms with E-state index < -0.39 is 15.8 Å². The highest BCUT2D eigenvalue weighted by molar-refractivity contribution is 7.92. The first-order chi connectivity index (χ1) is 14.8. The normalized spacial score (nSPS) is 26.2. The average molecular weight is 438 g/mol. The number of nitrogens with two attached hydrogens (primary N) is 1. The van der Waals surface area contributed by atoms with Gasteiger partial charge in [-0.2, -0.15) is 0 Å². The van der Waals surface area contributed by atoms with Crippen molar-refractivity contribution in [3.05, 3.63) is 59.7 Å². The third-order valence-electron chi connectivity index (χ3n) is 6.26. The van der Waals surface area contributed by atoms with Crippen LogP contribution in [0.4, 0.5) is 11.5 Å². The number of rotatable bonds is 2. The van der Waals surface area contributed by atoms with Crippen LogP contribution in [0.2, 0.25) is 0 Å². The number of aliphatic hydroxyl groups is 1. The second-order valence-electron chi connectivity index (χ2n) is 8.57. The molecule has 0 bridgehead atoms. The van der Waals surface area contributed by atoms with E-state index in [4.69, 9.17) is 15.5 Å². The van der Waals surface area contributed by atoms with E-state index in [2.05, 4.69) is 22.8 Å². The van der Waals surface area contributed by atoms with Gasteiger partial charge in [0.2, 0.25) is 0 Å². The summed E-state index contributed by atoms with van der Waals surface area (Å²) in [5, 5.41) is 11.3. The monoisotopic (exact) mass is 437 g/mol. The molecule has 31 heavy (non-hydrogen) atoms. The zero-order valence-electron chi connectivity index (χ0n) is 17.5. The smallest absolute Gasteiger partial charge is 0.131 e. The maximum atomic E-state index is 13.0. The first-order valence-electron chi connectivity index (χ1n) is 10.5. The second-order valence-corrected chi connectivity index (χ2v) is 10.8. The van der Waals surface area contributed by atoms with Gasteiger partial charge in [0.05, 0.1) is 32.0 Å². The molecule has 0 radical (unpaired) electrons. The van der Waals surface area contributed by atoms with Gasteiger partial charge >= 0.3 is 0 Å². The number of aryl methyl sites for hydroxylation is 1. The Labute approximate surface area is 182 Å². The summed E-state index contributed by atoms with van der Waals surface area (Å²) < 4.78 is 21.4. The number of anilines is 2. The van der Waals surface area contributed by atoms with E-state index in [0.717, 1.165) is 33.5 Å². The third kappa shape index (κ3) is 3.64. The van der Waals surface area contributed by atoms with E-state index >= 15 is 0 Å². The van der Waals surface area contributed by atoms with Crippen LogP contribution in [0, 0.1) is 11.7 Å². The van der Waals surface area contributed by atoms with Gasteiger partial charge in [0.15, 0.2) is 0 Å². The Hall–Kier alpha value is -2.68. The maximum absolute atomic E-state index is 13.0. The van der Waals surface area contributed by atoms with Gasteiger partial charge < -0.3 is 20.6 Å². The molecule has 2 aromatic carbocycles. The Morgan fingerprint density at radius 1 is 1.16 bits per heavy atom. The van der Waals surface area contributed by atoms with Crippen molar-refractivity contribution in [3.63, 3.8) is 0 Å². The van der Waals surface area contributed by atoms with Crippen LogP contribution in [0.25, 0.3) is 10.9 Å². The number of nitrogens with one attached hydrogen (secondary N) is 1. The van der Waals surface area contributed by atoms with Crippen molar-refractivity contribution < 1.29 is 9.32 Å². The molecule has 2 aliphatic rings. The van der Waals surface area contributed by atoms with Crippen molar-refractivity contribution in [2.45, 2.75) is 30.5 Å². The van der Waals surface area contributed by atoms with Gasteiger partial charge in [0.25, 0.3) is 0 Å². The summed E-state index contributed by atoms with van der Waals surface area (Å²) in [5.41, 5.74) is 10.0. The molecule has 2 aliphatic heterocycles. The van der Waals surface area contributed by atoms with Gasteiger partial charge in [-0.15, -0.1) is 0 Å². The van der Waals surface area contributed by atoms with Crippen LogP contribution >= 0.6 is 0 Å². The molecule has 3 heterocycles. The predicted molar refractivity (Wildman–Crippen MR) is 124 cm³/mol. The molecule has 5 rings (SSSR count). The first-order valence-corrected chi connectivity index (χ1v) is 12.2. The molecule has 7 nitrogen and oxygen atoms in total. The fourth-order valence-corrected chi connectivity index (χ4v) is 6.08. The minimum atomic E-state index is -2.84. The number of hydrogen-bond donors (Lipinski definition) is 3. The molecule has 1 fully saturated rings. The van der Waals surface area contributed by atoms with Gasteiger partial charge in [0, 0.05) is 49.4 Å². The van der Waals surface area contributed by atoms with E-state index in [0.29, 0.717) is 31.1 Å². The topological polar surface area (TPSA) is 107 Å².